The second-order valence-electron chi connectivity index (χ2n) is 4.85. The Morgan fingerprint density at radius 1 is 1.26 bits per heavy atom. The highest BCUT2D eigenvalue weighted by Gasteiger charge is 2.15. The quantitative estimate of drug-likeness (QED) is 0.658. The van der Waals surface area contributed by atoms with Crippen LogP contribution in [0.15, 0.2) is 36.7 Å². The number of hydrogen-bond donors (Lipinski definition) is 0. The molecule has 0 radical (unpaired) electrons. The molecule has 0 fully saturated rings. The number of imidazole rings is 2. The van der Waals surface area contributed by atoms with Gasteiger partial charge in [0.1, 0.15) is 18.9 Å². The van der Waals surface area contributed by atoms with Crippen LogP contribution in [0.5, 0.6) is 0 Å². The molecule has 1 aromatic carbocycles. The van der Waals surface area contributed by atoms with Crippen molar-refractivity contribution in [3.63, 3.8) is 0 Å². The van der Waals surface area contributed by atoms with E-state index in [1.54, 1.807) is 0 Å². The molecule has 4 nitrogen and oxygen atoms in total. The molecule has 0 saturated heterocycles. The Kier molecular flexibility index (Phi) is 2.85. The Morgan fingerprint density at radius 3 is 2.74 bits per heavy atom. The SMILES string of the molecule is CCn1c(Cn2cc[n+](C)c2C)nc2ccccc21. The van der Waals surface area contributed by atoms with Crippen molar-refractivity contribution in [3.05, 3.63) is 48.3 Å². The fourth-order valence-corrected chi connectivity index (χ4v) is 2.52. The van der Waals surface area contributed by atoms with Crippen molar-refractivity contribution in [3.8, 4) is 0 Å². The second-order valence-corrected chi connectivity index (χ2v) is 4.85. The normalized spacial score (nSPS) is 11.3. The molecule has 0 N–H and O–H groups in total. The van der Waals surface area contributed by atoms with E-state index in [9.17, 15) is 0 Å². The van der Waals surface area contributed by atoms with Crippen LogP contribution < -0.4 is 4.57 Å². The fraction of sp³-hybridized carbons (Fsp3) is 0.333. The van der Waals surface area contributed by atoms with Gasteiger partial charge in [-0.05, 0) is 19.1 Å². The number of para-hydroxylation sites is 2. The molecule has 0 aliphatic carbocycles. The maximum Gasteiger partial charge on any atom is 0.253 e. The van der Waals surface area contributed by atoms with E-state index in [0.717, 1.165) is 24.4 Å². The molecule has 3 aromatic rings. The summed E-state index contributed by atoms with van der Waals surface area (Å²) in [4.78, 5) is 4.76. The lowest BCUT2D eigenvalue weighted by Gasteiger charge is -2.04. The molecule has 0 unspecified atom stereocenters. The van der Waals surface area contributed by atoms with E-state index in [1.807, 2.05) is 6.07 Å². The first-order valence-electron chi connectivity index (χ1n) is 6.66. The van der Waals surface area contributed by atoms with Gasteiger partial charge in [-0.15, -0.1) is 0 Å². The molecule has 0 aliphatic rings. The first kappa shape index (κ1) is 12.0. The molecule has 0 aliphatic heterocycles. The van der Waals surface area contributed by atoms with Gasteiger partial charge >= 0.3 is 0 Å². The number of fused-ring (bicyclic) bond motifs is 1. The molecular weight excluding hydrogens is 236 g/mol. The van der Waals surface area contributed by atoms with E-state index in [4.69, 9.17) is 4.98 Å². The van der Waals surface area contributed by atoms with Gasteiger partial charge < -0.3 is 4.57 Å². The predicted molar refractivity (Wildman–Crippen MR) is 74.9 cm³/mol. The number of aryl methyl sites for hydroxylation is 2. The van der Waals surface area contributed by atoms with E-state index in [1.165, 1.54) is 11.3 Å². The third kappa shape index (κ3) is 1.93. The summed E-state index contributed by atoms with van der Waals surface area (Å²) >= 11 is 0. The highest BCUT2D eigenvalue weighted by Crippen LogP contribution is 2.16. The van der Waals surface area contributed by atoms with Gasteiger partial charge in [0.2, 0.25) is 0 Å². The third-order valence-electron chi connectivity index (χ3n) is 3.76. The lowest BCUT2D eigenvalue weighted by atomic mass is 10.3. The van der Waals surface area contributed by atoms with Crippen molar-refractivity contribution < 1.29 is 4.57 Å². The monoisotopic (exact) mass is 255 g/mol. The van der Waals surface area contributed by atoms with Crippen LogP contribution in [-0.2, 0) is 20.1 Å². The molecule has 19 heavy (non-hydrogen) atoms. The van der Waals surface area contributed by atoms with E-state index >= 15 is 0 Å². The van der Waals surface area contributed by atoms with Crippen LogP contribution in [0.3, 0.4) is 0 Å². The predicted octanol–water partition coefficient (Wildman–Crippen LogP) is 2.04. The zero-order valence-electron chi connectivity index (χ0n) is 11.7. The van der Waals surface area contributed by atoms with Crippen LogP contribution in [0.4, 0.5) is 0 Å². The van der Waals surface area contributed by atoms with Gasteiger partial charge in [0.15, 0.2) is 5.82 Å². The van der Waals surface area contributed by atoms with E-state index < -0.39 is 0 Å². The van der Waals surface area contributed by atoms with E-state index in [-0.39, 0.29) is 0 Å². The summed E-state index contributed by atoms with van der Waals surface area (Å²) in [6, 6.07) is 8.33. The molecular formula is C15H19N4+. The number of nitrogens with zero attached hydrogens (tertiary/aromatic N) is 4. The lowest BCUT2D eigenvalue weighted by Crippen LogP contribution is -2.30. The van der Waals surface area contributed by atoms with Crippen LogP contribution in [0, 0.1) is 6.92 Å². The minimum absolute atomic E-state index is 0.815. The lowest BCUT2D eigenvalue weighted by molar-refractivity contribution is -0.677. The standard InChI is InChI=1S/C15H19N4/c1-4-19-14-8-6-5-7-13(14)16-15(19)11-18-10-9-17(3)12(18)2/h5-10H,4,11H2,1-3H3/q+1. The maximum absolute atomic E-state index is 4.76. The minimum Gasteiger partial charge on any atom is -0.325 e. The Labute approximate surface area is 112 Å². The van der Waals surface area contributed by atoms with Crippen LogP contribution in [0.25, 0.3) is 11.0 Å². The van der Waals surface area contributed by atoms with Crippen LogP contribution in [0.2, 0.25) is 0 Å². The fourth-order valence-electron chi connectivity index (χ4n) is 2.52. The Balaban J connectivity index is 2.07. The molecule has 0 atom stereocenters. The Hall–Kier alpha value is -2.10. The molecule has 0 spiro atoms. The van der Waals surface area contributed by atoms with Gasteiger partial charge in [-0.3, -0.25) is 0 Å². The molecule has 4 heteroatoms. The van der Waals surface area contributed by atoms with Crippen LogP contribution in [0.1, 0.15) is 18.6 Å². The molecule has 0 amide bonds. The largest absolute Gasteiger partial charge is 0.325 e. The van der Waals surface area contributed by atoms with Crippen molar-refractivity contribution >= 4 is 11.0 Å². The van der Waals surface area contributed by atoms with Crippen molar-refractivity contribution in [2.75, 3.05) is 0 Å². The van der Waals surface area contributed by atoms with Gasteiger partial charge in [-0.2, -0.15) is 0 Å². The number of aromatic nitrogens is 4. The van der Waals surface area contributed by atoms with Gasteiger partial charge in [-0.1, -0.05) is 12.1 Å². The summed E-state index contributed by atoms with van der Waals surface area (Å²) in [5.74, 6) is 2.35. The van der Waals surface area contributed by atoms with Crippen LogP contribution >= 0.6 is 0 Å². The average Bonchev–Trinajstić information content (AvgIpc) is 2.93. The topological polar surface area (TPSA) is 26.6 Å². The number of benzene rings is 1. The van der Waals surface area contributed by atoms with Crippen LogP contribution in [-0.4, -0.2) is 14.1 Å². The molecule has 0 bridgehead atoms. The number of hydrogen-bond acceptors (Lipinski definition) is 1. The maximum atomic E-state index is 4.76. The zero-order chi connectivity index (χ0) is 13.4. The first-order chi connectivity index (χ1) is 9.20. The minimum atomic E-state index is 0.815. The van der Waals surface area contributed by atoms with Crippen molar-refractivity contribution in [2.45, 2.75) is 26.9 Å². The summed E-state index contributed by atoms with van der Waals surface area (Å²) in [5.41, 5.74) is 2.29. The summed E-state index contributed by atoms with van der Waals surface area (Å²) in [6.07, 6.45) is 4.18. The second kappa shape index (κ2) is 4.53. The summed E-state index contributed by atoms with van der Waals surface area (Å²) < 4.78 is 6.64. The Bertz CT molecular complexity index is 721. The summed E-state index contributed by atoms with van der Waals surface area (Å²) in [7, 11) is 2.06. The highest BCUT2D eigenvalue weighted by molar-refractivity contribution is 5.75. The number of rotatable bonds is 3. The van der Waals surface area contributed by atoms with Crippen molar-refractivity contribution in [2.24, 2.45) is 7.05 Å². The average molecular weight is 255 g/mol. The molecule has 2 heterocycles. The van der Waals surface area contributed by atoms with Gasteiger partial charge in [0.05, 0.1) is 18.1 Å². The molecule has 98 valence electrons. The van der Waals surface area contributed by atoms with Crippen molar-refractivity contribution in [1.82, 2.24) is 14.1 Å². The first-order valence-corrected chi connectivity index (χ1v) is 6.66. The summed E-state index contributed by atoms with van der Waals surface area (Å²) in [6.45, 7) is 6.05. The smallest absolute Gasteiger partial charge is 0.253 e. The summed E-state index contributed by atoms with van der Waals surface area (Å²) in [5, 5.41) is 0. The Morgan fingerprint density at radius 2 is 2.05 bits per heavy atom. The van der Waals surface area contributed by atoms with Gasteiger partial charge in [0, 0.05) is 13.5 Å². The third-order valence-corrected chi connectivity index (χ3v) is 3.76. The van der Waals surface area contributed by atoms with E-state index in [2.05, 4.69) is 65.2 Å². The van der Waals surface area contributed by atoms with Gasteiger partial charge in [-0.25, -0.2) is 14.1 Å². The van der Waals surface area contributed by atoms with Gasteiger partial charge in [0.25, 0.3) is 5.82 Å². The molecule has 2 aromatic heterocycles. The molecule has 0 saturated carbocycles. The van der Waals surface area contributed by atoms with E-state index in [0.29, 0.717) is 0 Å². The van der Waals surface area contributed by atoms with Crippen molar-refractivity contribution in [1.29, 1.82) is 0 Å². The highest BCUT2D eigenvalue weighted by atomic mass is 15.2. The molecule has 3 rings (SSSR count). The zero-order valence-corrected chi connectivity index (χ0v) is 11.7.